The van der Waals surface area contributed by atoms with Crippen LogP contribution in [0.3, 0.4) is 0 Å². The summed E-state index contributed by atoms with van der Waals surface area (Å²) >= 11 is 6.27. The summed E-state index contributed by atoms with van der Waals surface area (Å²) in [5.41, 5.74) is 0.329. The fourth-order valence-corrected chi connectivity index (χ4v) is 6.33. The van der Waals surface area contributed by atoms with Crippen LogP contribution in [0.2, 0.25) is 5.02 Å². The van der Waals surface area contributed by atoms with E-state index in [9.17, 15) is 13.2 Å². The lowest BCUT2D eigenvalue weighted by atomic mass is 9.96. The van der Waals surface area contributed by atoms with Crippen molar-refractivity contribution in [1.82, 2.24) is 9.21 Å². The Labute approximate surface area is 195 Å². The third kappa shape index (κ3) is 5.81. The molecule has 0 saturated carbocycles. The Morgan fingerprint density at radius 3 is 2.34 bits per heavy atom. The van der Waals surface area contributed by atoms with Crippen molar-refractivity contribution in [1.29, 1.82) is 0 Å². The number of anilines is 1. The van der Waals surface area contributed by atoms with Gasteiger partial charge in [0, 0.05) is 19.0 Å². The lowest BCUT2D eigenvalue weighted by molar-refractivity contribution is -0.119. The average molecular weight is 486 g/mol. The van der Waals surface area contributed by atoms with Gasteiger partial charge in [-0.3, -0.25) is 9.69 Å². The molecule has 3 aliphatic heterocycles. The van der Waals surface area contributed by atoms with E-state index >= 15 is 0 Å². The minimum absolute atomic E-state index is 0.112. The van der Waals surface area contributed by atoms with Gasteiger partial charge in [-0.1, -0.05) is 24.4 Å². The SMILES string of the molecule is O=C(CN1CCC(C2OCCO2)CC1)Nc1cc(S(=O)(=O)N2CCCCCC2)ccc1Cl. The van der Waals surface area contributed by atoms with Gasteiger partial charge in [0.1, 0.15) is 0 Å². The first-order chi connectivity index (χ1) is 15.4. The molecule has 1 aromatic carbocycles. The summed E-state index contributed by atoms with van der Waals surface area (Å²) in [4.78, 5) is 14.9. The molecule has 1 amide bonds. The summed E-state index contributed by atoms with van der Waals surface area (Å²) in [6, 6.07) is 4.52. The molecular formula is C22H32ClN3O5S. The number of rotatable bonds is 6. The zero-order valence-electron chi connectivity index (χ0n) is 18.3. The van der Waals surface area contributed by atoms with Crippen molar-refractivity contribution >= 4 is 33.2 Å². The van der Waals surface area contributed by atoms with Gasteiger partial charge in [0.05, 0.1) is 35.4 Å². The number of hydrogen-bond acceptors (Lipinski definition) is 6. The Morgan fingerprint density at radius 1 is 1.03 bits per heavy atom. The van der Waals surface area contributed by atoms with Crippen LogP contribution in [0.5, 0.6) is 0 Å². The fraction of sp³-hybridized carbons (Fsp3) is 0.682. The predicted octanol–water partition coefficient (Wildman–Crippen LogP) is 2.93. The van der Waals surface area contributed by atoms with Crippen LogP contribution in [0, 0.1) is 5.92 Å². The maximum absolute atomic E-state index is 13.1. The maximum Gasteiger partial charge on any atom is 0.243 e. The highest BCUT2D eigenvalue weighted by atomic mass is 35.5. The Kier molecular flexibility index (Phi) is 8.07. The van der Waals surface area contributed by atoms with E-state index in [0.29, 0.717) is 42.9 Å². The van der Waals surface area contributed by atoms with Gasteiger partial charge in [-0.25, -0.2) is 8.42 Å². The minimum Gasteiger partial charge on any atom is -0.350 e. The van der Waals surface area contributed by atoms with Crippen molar-refractivity contribution in [3.63, 3.8) is 0 Å². The second-order valence-electron chi connectivity index (χ2n) is 8.73. The first-order valence-corrected chi connectivity index (χ1v) is 13.3. The van der Waals surface area contributed by atoms with Gasteiger partial charge < -0.3 is 14.8 Å². The minimum atomic E-state index is -3.61. The number of carbonyl (C=O) groups is 1. The van der Waals surface area contributed by atoms with Crippen LogP contribution in [0.25, 0.3) is 0 Å². The predicted molar refractivity (Wildman–Crippen MR) is 122 cm³/mol. The molecule has 0 unspecified atom stereocenters. The molecule has 0 aromatic heterocycles. The zero-order chi connectivity index (χ0) is 22.6. The Bertz CT molecular complexity index is 891. The van der Waals surface area contributed by atoms with Crippen molar-refractivity contribution in [3.05, 3.63) is 23.2 Å². The van der Waals surface area contributed by atoms with E-state index in [1.165, 1.54) is 22.5 Å². The molecular weight excluding hydrogens is 454 g/mol. The van der Waals surface area contributed by atoms with Crippen LogP contribution in [-0.4, -0.2) is 75.8 Å². The van der Waals surface area contributed by atoms with Gasteiger partial charge in [-0.2, -0.15) is 4.31 Å². The van der Waals surface area contributed by atoms with E-state index in [1.54, 1.807) is 0 Å². The largest absolute Gasteiger partial charge is 0.350 e. The van der Waals surface area contributed by atoms with E-state index in [2.05, 4.69) is 10.2 Å². The Morgan fingerprint density at radius 2 is 1.69 bits per heavy atom. The van der Waals surface area contributed by atoms with Crippen molar-refractivity contribution in [3.8, 4) is 0 Å². The highest BCUT2D eigenvalue weighted by Gasteiger charge is 2.31. The lowest BCUT2D eigenvalue weighted by Gasteiger charge is -2.33. The number of sulfonamides is 1. The zero-order valence-corrected chi connectivity index (χ0v) is 19.9. The summed E-state index contributed by atoms with van der Waals surface area (Å²) in [5, 5.41) is 3.13. The summed E-state index contributed by atoms with van der Waals surface area (Å²) in [6.07, 6.45) is 5.55. The molecule has 0 aliphatic carbocycles. The number of nitrogens with zero attached hydrogens (tertiary/aromatic N) is 2. The molecule has 0 radical (unpaired) electrons. The van der Waals surface area contributed by atoms with E-state index in [4.69, 9.17) is 21.1 Å². The van der Waals surface area contributed by atoms with Crippen molar-refractivity contribution in [2.24, 2.45) is 5.92 Å². The lowest BCUT2D eigenvalue weighted by Crippen LogP contribution is -2.41. The van der Waals surface area contributed by atoms with Crippen LogP contribution < -0.4 is 5.32 Å². The molecule has 3 fully saturated rings. The number of likely N-dealkylation sites (tertiary alicyclic amines) is 1. The number of ether oxygens (including phenoxy) is 2. The first-order valence-electron chi connectivity index (χ1n) is 11.5. The molecule has 8 nitrogen and oxygen atoms in total. The molecule has 3 saturated heterocycles. The number of halogens is 1. The molecule has 32 heavy (non-hydrogen) atoms. The van der Waals surface area contributed by atoms with Gasteiger partial charge in [0.25, 0.3) is 0 Å². The molecule has 10 heteroatoms. The number of nitrogens with one attached hydrogen (secondary N) is 1. The number of amides is 1. The number of hydrogen-bond donors (Lipinski definition) is 1. The summed E-state index contributed by atoms with van der Waals surface area (Å²) in [5.74, 6) is 0.162. The van der Waals surface area contributed by atoms with Gasteiger partial charge in [-0.15, -0.1) is 0 Å². The summed E-state index contributed by atoms with van der Waals surface area (Å²) in [6.45, 7) is 4.18. The molecule has 0 atom stereocenters. The monoisotopic (exact) mass is 485 g/mol. The van der Waals surface area contributed by atoms with E-state index in [1.807, 2.05) is 0 Å². The van der Waals surface area contributed by atoms with E-state index in [-0.39, 0.29) is 23.6 Å². The van der Waals surface area contributed by atoms with E-state index in [0.717, 1.165) is 51.6 Å². The summed E-state index contributed by atoms with van der Waals surface area (Å²) < 4.78 is 38.9. The molecule has 1 N–H and O–H groups in total. The Balaban J connectivity index is 1.35. The molecule has 0 spiro atoms. The smallest absolute Gasteiger partial charge is 0.243 e. The van der Waals surface area contributed by atoms with Gasteiger partial charge in [0.2, 0.25) is 15.9 Å². The first kappa shape index (κ1) is 23.9. The third-order valence-electron chi connectivity index (χ3n) is 6.45. The van der Waals surface area contributed by atoms with E-state index < -0.39 is 10.0 Å². The van der Waals surface area contributed by atoms with Crippen molar-refractivity contribution < 1.29 is 22.7 Å². The van der Waals surface area contributed by atoms with Crippen LogP contribution in [0.1, 0.15) is 38.5 Å². The number of carbonyl (C=O) groups excluding carboxylic acids is 1. The van der Waals surface area contributed by atoms with Crippen LogP contribution >= 0.6 is 11.6 Å². The van der Waals surface area contributed by atoms with Crippen LogP contribution in [-0.2, 0) is 24.3 Å². The topological polar surface area (TPSA) is 88.2 Å². The maximum atomic E-state index is 13.1. The van der Waals surface area contributed by atoms with Crippen LogP contribution in [0.15, 0.2) is 23.1 Å². The molecule has 0 bridgehead atoms. The van der Waals surface area contributed by atoms with Gasteiger partial charge in [0.15, 0.2) is 6.29 Å². The molecule has 3 heterocycles. The van der Waals surface area contributed by atoms with Gasteiger partial charge >= 0.3 is 0 Å². The molecule has 1 aromatic rings. The average Bonchev–Trinajstić information content (AvgIpc) is 3.17. The highest BCUT2D eigenvalue weighted by Crippen LogP contribution is 2.29. The Hall–Kier alpha value is -1.23. The van der Waals surface area contributed by atoms with Crippen molar-refractivity contribution in [2.45, 2.75) is 49.7 Å². The van der Waals surface area contributed by atoms with Crippen LogP contribution in [0.4, 0.5) is 5.69 Å². The molecule has 3 aliphatic rings. The summed E-state index contributed by atoms with van der Waals surface area (Å²) in [7, 11) is -3.61. The third-order valence-corrected chi connectivity index (χ3v) is 8.67. The quantitative estimate of drug-likeness (QED) is 0.666. The molecule has 4 rings (SSSR count). The fourth-order valence-electron chi connectivity index (χ4n) is 4.62. The van der Waals surface area contributed by atoms with Gasteiger partial charge in [-0.05, 0) is 57.0 Å². The second kappa shape index (κ2) is 10.8. The number of benzene rings is 1. The highest BCUT2D eigenvalue weighted by molar-refractivity contribution is 7.89. The van der Waals surface area contributed by atoms with Crippen molar-refractivity contribution in [2.75, 3.05) is 51.3 Å². The molecule has 178 valence electrons. The second-order valence-corrected chi connectivity index (χ2v) is 11.1. The standard InChI is InChI=1S/C22H32ClN3O5S/c23-19-6-5-18(32(28,29)26-9-3-1-2-4-10-26)15-20(19)24-21(27)16-25-11-7-17(8-12-25)22-30-13-14-31-22/h5-6,15,17,22H,1-4,7-14,16H2,(H,24,27). The number of piperidine rings is 1. The normalized spacial score (nSPS) is 22.7.